The third kappa shape index (κ3) is 9.51. The van der Waals surface area contributed by atoms with Crippen molar-refractivity contribution in [3.63, 3.8) is 0 Å². The highest BCUT2D eigenvalue weighted by Crippen LogP contribution is 2.30. The van der Waals surface area contributed by atoms with E-state index in [0.29, 0.717) is 25.2 Å². The minimum atomic E-state index is -4.02. The monoisotopic (exact) mass is 721 g/mol. The molecule has 1 amide bonds. The molecule has 1 aliphatic heterocycles. The van der Waals surface area contributed by atoms with E-state index in [1.807, 2.05) is 13.8 Å². The highest BCUT2D eigenvalue weighted by Gasteiger charge is 2.33. The van der Waals surface area contributed by atoms with Crippen molar-refractivity contribution in [2.24, 2.45) is 13.0 Å². The standard InChI is InChI=1S/C33H47N5O9S2/c1-23-18-38(24(2)21-39)33(40)29-17-26(35-48(41,42)28-13-11-27(45-6)12-14-28)10-15-30(29)47-25(3)9-7-8-16-46-31(23)19-37(5)49(43,44)32-20-36(4)22-34-32/h10-15,17,20,22-25,31,35,39H,7-9,16,18-19,21H2,1-6H3/t23-,24+,25+,31+/m1/s1. The second kappa shape index (κ2) is 16.3. The summed E-state index contributed by atoms with van der Waals surface area (Å²) in [7, 11) is -3.30. The number of carbonyl (C=O) groups is 1. The first-order valence-electron chi connectivity index (χ1n) is 16.1. The van der Waals surface area contributed by atoms with Crippen LogP contribution in [0, 0.1) is 5.92 Å². The smallest absolute Gasteiger partial charge is 0.261 e. The molecule has 0 saturated carbocycles. The van der Waals surface area contributed by atoms with Crippen LogP contribution in [0.1, 0.15) is 50.4 Å². The van der Waals surface area contributed by atoms with Gasteiger partial charge in [-0.15, -0.1) is 0 Å². The maximum Gasteiger partial charge on any atom is 0.261 e. The average molecular weight is 722 g/mol. The van der Waals surface area contributed by atoms with Gasteiger partial charge in [-0.05, 0) is 75.6 Å². The van der Waals surface area contributed by atoms with Gasteiger partial charge in [-0.25, -0.2) is 21.8 Å². The van der Waals surface area contributed by atoms with Gasteiger partial charge in [-0.2, -0.15) is 4.31 Å². The fraction of sp³-hybridized carbons (Fsp3) is 0.515. The van der Waals surface area contributed by atoms with E-state index in [4.69, 9.17) is 14.2 Å². The number of imidazole rings is 1. The molecule has 0 spiro atoms. The van der Waals surface area contributed by atoms with Crippen LogP contribution in [0.15, 0.2) is 64.9 Å². The van der Waals surface area contributed by atoms with Crippen LogP contribution in [-0.2, 0) is 31.8 Å². The first-order valence-corrected chi connectivity index (χ1v) is 19.0. The van der Waals surface area contributed by atoms with E-state index in [-0.39, 0.29) is 58.6 Å². The van der Waals surface area contributed by atoms with Crippen molar-refractivity contribution in [1.29, 1.82) is 0 Å². The SMILES string of the molecule is COc1ccc(S(=O)(=O)Nc2ccc3c(c2)C(=O)N([C@@H](C)CO)C[C@@H](C)[C@H](CN(C)S(=O)(=O)c2cn(C)cn2)OCCCC[C@H](C)O3)cc1. The number of sulfonamides is 2. The Bertz CT molecular complexity index is 1780. The number of aryl methyl sites for hydroxylation is 1. The minimum Gasteiger partial charge on any atom is -0.497 e. The van der Waals surface area contributed by atoms with Gasteiger partial charge in [0.25, 0.3) is 26.0 Å². The molecule has 270 valence electrons. The third-order valence-electron chi connectivity index (χ3n) is 8.47. The summed E-state index contributed by atoms with van der Waals surface area (Å²) < 4.78 is 76.1. The van der Waals surface area contributed by atoms with Gasteiger partial charge in [-0.3, -0.25) is 9.52 Å². The van der Waals surface area contributed by atoms with Crippen LogP contribution in [-0.4, -0.2) is 105 Å². The van der Waals surface area contributed by atoms with Crippen LogP contribution in [0.5, 0.6) is 11.5 Å². The molecular weight excluding hydrogens is 675 g/mol. The zero-order valence-corrected chi connectivity index (χ0v) is 30.4. The average Bonchev–Trinajstić information content (AvgIpc) is 3.52. The number of carbonyl (C=O) groups excluding carboxylic acids is 1. The summed E-state index contributed by atoms with van der Waals surface area (Å²) in [6, 6.07) is 9.79. The number of hydrogen-bond acceptors (Lipinski definition) is 10. The van der Waals surface area contributed by atoms with Crippen LogP contribution in [0.2, 0.25) is 0 Å². The topological polar surface area (TPSA) is 170 Å². The molecule has 0 radical (unpaired) electrons. The minimum absolute atomic E-state index is 0.00298. The number of rotatable bonds is 10. The molecule has 49 heavy (non-hydrogen) atoms. The zero-order valence-electron chi connectivity index (χ0n) is 28.8. The number of anilines is 1. The van der Waals surface area contributed by atoms with Gasteiger partial charge in [0.2, 0.25) is 0 Å². The van der Waals surface area contributed by atoms with Crippen molar-refractivity contribution in [2.45, 2.75) is 68.2 Å². The Labute approximate surface area is 289 Å². The molecule has 3 aromatic rings. The van der Waals surface area contributed by atoms with Crippen LogP contribution in [0.3, 0.4) is 0 Å². The molecule has 1 aliphatic rings. The lowest BCUT2D eigenvalue weighted by Gasteiger charge is -2.35. The van der Waals surface area contributed by atoms with Crippen molar-refractivity contribution in [1.82, 2.24) is 18.8 Å². The van der Waals surface area contributed by atoms with Gasteiger partial charge < -0.3 is 28.8 Å². The Kier molecular flexibility index (Phi) is 12.7. The molecule has 2 heterocycles. The molecule has 0 aliphatic carbocycles. The largest absolute Gasteiger partial charge is 0.497 e. The Morgan fingerprint density at radius 1 is 1.12 bits per heavy atom. The summed E-state index contributed by atoms with van der Waals surface area (Å²) in [5.74, 6) is -0.101. The summed E-state index contributed by atoms with van der Waals surface area (Å²) >= 11 is 0. The summed E-state index contributed by atoms with van der Waals surface area (Å²) in [6.07, 6.45) is 4.04. The lowest BCUT2D eigenvalue weighted by atomic mass is 10.0. The molecule has 2 N–H and O–H groups in total. The first kappa shape index (κ1) is 38.1. The predicted octanol–water partition coefficient (Wildman–Crippen LogP) is 3.35. The summed E-state index contributed by atoms with van der Waals surface area (Å²) in [6.45, 7) is 5.56. The number of amides is 1. The molecule has 4 atom stereocenters. The summed E-state index contributed by atoms with van der Waals surface area (Å²) in [4.78, 5) is 19.9. The van der Waals surface area contributed by atoms with Crippen LogP contribution in [0.25, 0.3) is 0 Å². The highest BCUT2D eigenvalue weighted by molar-refractivity contribution is 7.92. The second-order valence-electron chi connectivity index (χ2n) is 12.5. The van der Waals surface area contributed by atoms with E-state index in [0.717, 1.165) is 6.42 Å². The molecule has 0 fully saturated rings. The van der Waals surface area contributed by atoms with E-state index in [2.05, 4.69) is 9.71 Å². The van der Waals surface area contributed by atoms with Crippen molar-refractivity contribution < 1.29 is 40.9 Å². The number of benzene rings is 2. The summed E-state index contributed by atoms with van der Waals surface area (Å²) in [5.41, 5.74) is 0.256. The molecule has 16 heteroatoms. The van der Waals surface area contributed by atoms with Gasteiger partial charge in [0.1, 0.15) is 11.5 Å². The maximum absolute atomic E-state index is 14.4. The quantitative estimate of drug-likeness (QED) is 0.317. The lowest BCUT2D eigenvalue weighted by molar-refractivity contribution is -0.00835. The van der Waals surface area contributed by atoms with E-state index in [9.17, 15) is 26.7 Å². The summed E-state index contributed by atoms with van der Waals surface area (Å²) in [5, 5.41) is 10.1. The first-order chi connectivity index (χ1) is 23.2. The van der Waals surface area contributed by atoms with Gasteiger partial charge >= 0.3 is 0 Å². The molecule has 2 aromatic carbocycles. The number of ether oxygens (including phenoxy) is 3. The molecule has 4 rings (SSSR count). The fourth-order valence-electron chi connectivity index (χ4n) is 5.45. The second-order valence-corrected chi connectivity index (χ2v) is 16.1. The predicted molar refractivity (Wildman–Crippen MR) is 184 cm³/mol. The van der Waals surface area contributed by atoms with Crippen molar-refractivity contribution in [2.75, 3.05) is 45.2 Å². The number of methoxy groups -OCH3 is 1. The number of fused-ring (bicyclic) bond motifs is 1. The molecule has 1 aromatic heterocycles. The van der Waals surface area contributed by atoms with E-state index < -0.39 is 38.1 Å². The van der Waals surface area contributed by atoms with Gasteiger partial charge in [0.05, 0.1) is 48.8 Å². The Morgan fingerprint density at radius 2 is 1.84 bits per heavy atom. The van der Waals surface area contributed by atoms with Crippen molar-refractivity contribution >= 4 is 31.6 Å². The van der Waals surface area contributed by atoms with E-state index in [1.165, 1.54) is 72.3 Å². The van der Waals surface area contributed by atoms with Crippen molar-refractivity contribution in [3.05, 3.63) is 60.6 Å². The molecule has 0 unspecified atom stereocenters. The number of nitrogens with one attached hydrogen (secondary N) is 1. The number of hydrogen-bond donors (Lipinski definition) is 2. The normalized spacial score (nSPS) is 20.6. The Balaban J connectivity index is 1.67. The number of nitrogens with zero attached hydrogens (tertiary/aromatic N) is 4. The van der Waals surface area contributed by atoms with Gasteiger partial charge in [0, 0.05) is 51.6 Å². The number of aromatic nitrogens is 2. The van der Waals surface area contributed by atoms with E-state index in [1.54, 1.807) is 24.6 Å². The lowest BCUT2D eigenvalue weighted by Crippen LogP contribution is -2.48. The Morgan fingerprint density at radius 3 is 2.47 bits per heavy atom. The number of aliphatic hydroxyl groups excluding tert-OH is 1. The molecule has 0 bridgehead atoms. The highest BCUT2D eigenvalue weighted by atomic mass is 32.2. The van der Waals surface area contributed by atoms with Crippen molar-refractivity contribution in [3.8, 4) is 11.5 Å². The molecule has 0 saturated heterocycles. The molecular formula is C33H47N5O9S2. The number of likely N-dealkylation sites (N-methyl/N-ethyl adjacent to an activating group) is 1. The van der Waals surface area contributed by atoms with Gasteiger partial charge in [-0.1, -0.05) is 6.92 Å². The fourth-order valence-corrected chi connectivity index (χ4v) is 7.64. The zero-order chi connectivity index (χ0) is 35.9. The van der Waals surface area contributed by atoms with Crippen LogP contribution < -0.4 is 14.2 Å². The number of aliphatic hydroxyl groups is 1. The van der Waals surface area contributed by atoms with E-state index >= 15 is 0 Å². The van der Waals surface area contributed by atoms with Crippen LogP contribution >= 0.6 is 0 Å². The Hall–Kier alpha value is -3.70. The third-order valence-corrected chi connectivity index (χ3v) is 11.6. The maximum atomic E-state index is 14.4. The van der Waals surface area contributed by atoms with Gasteiger partial charge in [0.15, 0.2) is 5.03 Å². The molecule has 14 nitrogen and oxygen atoms in total. The van der Waals surface area contributed by atoms with Crippen LogP contribution in [0.4, 0.5) is 5.69 Å².